The Kier molecular flexibility index (Phi) is 6.33. The molecule has 0 saturated carbocycles. The maximum Gasteiger partial charge on any atom is 0.471 e. The molecule has 162 valence electrons. The van der Waals surface area contributed by atoms with E-state index in [4.69, 9.17) is 0 Å². The van der Waals surface area contributed by atoms with Crippen molar-refractivity contribution in [2.45, 2.75) is 31.1 Å². The van der Waals surface area contributed by atoms with Crippen LogP contribution in [0, 0.1) is 11.3 Å². The van der Waals surface area contributed by atoms with E-state index < -0.39 is 42.5 Å². The highest BCUT2D eigenvalue weighted by Gasteiger charge is 2.40. The molecule has 3 heterocycles. The Balaban J connectivity index is 1.70. The second-order valence-electron chi connectivity index (χ2n) is 6.82. The third-order valence-corrected chi connectivity index (χ3v) is 4.85. The fourth-order valence-electron chi connectivity index (χ4n) is 3.37. The summed E-state index contributed by atoms with van der Waals surface area (Å²) in [5.41, 5.74) is 0.426. The number of nitrogens with zero attached hydrogens (tertiary/aromatic N) is 4. The van der Waals surface area contributed by atoms with Crippen molar-refractivity contribution in [2.24, 2.45) is 0 Å². The van der Waals surface area contributed by atoms with Crippen LogP contribution in [0.2, 0.25) is 0 Å². The minimum absolute atomic E-state index is 0.149. The lowest BCUT2D eigenvalue weighted by Crippen LogP contribution is -2.50. The molecule has 0 radical (unpaired) electrons. The van der Waals surface area contributed by atoms with E-state index in [1.54, 1.807) is 18.5 Å². The Morgan fingerprint density at radius 1 is 1.26 bits per heavy atom. The van der Waals surface area contributed by atoms with Gasteiger partial charge in [0.15, 0.2) is 0 Å². The van der Waals surface area contributed by atoms with Crippen LogP contribution in [0.1, 0.15) is 24.4 Å². The summed E-state index contributed by atoms with van der Waals surface area (Å²) in [6, 6.07) is 1.64. The van der Waals surface area contributed by atoms with Crippen LogP contribution in [-0.4, -0.2) is 57.9 Å². The molecular weight excluding hydrogens is 417 g/mol. The van der Waals surface area contributed by atoms with Gasteiger partial charge in [0.25, 0.3) is 0 Å². The van der Waals surface area contributed by atoms with Gasteiger partial charge in [0, 0.05) is 47.7 Å². The normalized spacial score (nSPS) is 17.1. The van der Waals surface area contributed by atoms with Crippen molar-refractivity contribution in [1.82, 2.24) is 25.5 Å². The van der Waals surface area contributed by atoms with E-state index in [1.807, 2.05) is 6.07 Å². The molecule has 2 aromatic heterocycles. The number of carbonyl (C=O) groups is 3. The molecule has 0 aromatic carbocycles. The Labute approximate surface area is 174 Å². The molecule has 0 aliphatic carbocycles. The van der Waals surface area contributed by atoms with Crippen LogP contribution in [0.5, 0.6) is 0 Å². The fourth-order valence-corrected chi connectivity index (χ4v) is 3.37. The van der Waals surface area contributed by atoms with Gasteiger partial charge < -0.3 is 15.5 Å². The highest BCUT2D eigenvalue weighted by atomic mass is 19.4. The van der Waals surface area contributed by atoms with E-state index in [0.717, 1.165) is 10.3 Å². The van der Waals surface area contributed by atoms with Gasteiger partial charge in [-0.3, -0.25) is 24.4 Å². The van der Waals surface area contributed by atoms with Crippen molar-refractivity contribution in [3.8, 4) is 6.07 Å². The van der Waals surface area contributed by atoms with E-state index in [0.29, 0.717) is 17.4 Å². The Bertz CT molecular complexity index is 1050. The number of rotatable bonds is 5. The first-order valence-electron chi connectivity index (χ1n) is 9.24. The number of carbonyl (C=O) groups excluding carboxylic acids is 3. The molecule has 1 saturated heterocycles. The molecule has 2 atom stereocenters. The van der Waals surface area contributed by atoms with Gasteiger partial charge in [-0.1, -0.05) is 0 Å². The Morgan fingerprint density at radius 2 is 2.03 bits per heavy atom. The van der Waals surface area contributed by atoms with Crippen LogP contribution in [0.15, 0.2) is 30.9 Å². The number of likely N-dealkylation sites (tertiary alicyclic amines) is 1. The molecule has 1 aliphatic heterocycles. The summed E-state index contributed by atoms with van der Waals surface area (Å²) in [5, 5.41) is 15.0. The maximum absolute atomic E-state index is 12.8. The topological polar surface area (TPSA) is 128 Å². The summed E-state index contributed by atoms with van der Waals surface area (Å²) in [7, 11) is 0. The largest absolute Gasteiger partial charge is 0.471 e. The van der Waals surface area contributed by atoms with E-state index in [1.165, 1.54) is 17.7 Å². The number of aromatic nitrogens is 2. The van der Waals surface area contributed by atoms with Crippen LogP contribution < -0.4 is 10.6 Å². The molecule has 0 bridgehead atoms. The third kappa shape index (κ3) is 4.88. The molecule has 2 unspecified atom stereocenters. The molecule has 2 aromatic rings. The first kappa shape index (κ1) is 21.9. The van der Waals surface area contributed by atoms with Gasteiger partial charge in [-0.15, -0.1) is 0 Å². The van der Waals surface area contributed by atoms with Crippen molar-refractivity contribution in [3.05, 3.63) is 36.4 Å². The molecule has 0 spiro atoms. The number of halogens is 3. The summed E-state index contributed by atoms with van der Waals surface area (Å²) in [6.45, 7) is -0.738. The van der Waals surface area contributed by atoms with Gasteiger partial charge in [-0.05, 0) is 18.9 Å². The number of amides is 3. The lowest BCUT2D eigenvalue weighted by atomic mass is 10.0. The predicted octanol–water partition coefficient (Wildman–Crippen LogP) is 0.980. The first-order chi connectivity index (χ1) is 14.7. The number of hydrogen-bond donors (Lipinski definition) is 2. The predicted molar refractivity (Wildman–Crippen MR) is 99.8 cm³/mol. The second kappa shape index (κ2) is 8.95. The van der Waals surface area contributed by atoms with Crippen molar-refractivity contribution in [3.63, 3.8) is 0 Å². The SMILES string of the molecule is N#CC(NC(=O)C1CCCN1C(=O)CNC(=O)C(F)(F)F)c1cncc2ccncc12. The van der Waals surface area contributed by atoms with Crippen LogP contribution in [0.4, 0.5) is 13.2 Å². The average molecular weight is 434 g/mol. The quantitative estimate of drug-likeness (QED) is 0.722. The zero-order valence-electron chi connectivity index (χ0n) is 16.0. The third-order valence-electron chi connectivity index (χ3n) is 4.85. The van der Waals surface area contributed by atoms with Crippen LogP contribution >= 0.6 is 0 Å². The number of hydrogen-bond acceptors (Lipinski definition) is 6. The van der Waals surface area contributed by atoms with E-state index in [2.05, 4.69) is 15.3 Å². The van der Waals surface area contributed by atoms with Crippen molar-refractivity contribution < 1.29 is 27.6 Å². The Morgan fingerprint density at radius 3 is 2.74 bits per heavy atom. The lowest BCUT2D eigenvalue weighted by Gasteiger charge is -2.25. The average Bonchev–Trinajstić information content (AvgIpc) is 3.24. The van der Waals surface area contributed by atoms with Crippen molar-refractivity contribution in [2.75, 3.05) is 13.1 Å². The summed E-state index contributed by atoms with van der Waals surface area (Å²) in [6.07, 6.45) is 1.74. The van der Waals surface area contributed by atoms with Gasteiger partial charge in [0.2, 0.25) is 11.8 Å². The number of nitriles is 1. The molecule has 2 N–H and O–H groups in total. The van der Waals surface area contributed by atoms with Crippen molar-refractivity contribution >= 4 is 28.5 Å². The van der Waals surface area contributed by atoms with Gasteiger partial charge in [0.1, 0.15) is 12.1 Å². The lowest BCUT2D eigenvalue weighted by molar-refractivity contribution is -0.174. The second-order valence-corrected chi connectivity index (χ2v) is 6.82. The minimum atomic E-state index is -5.11. The molecular formula is C19H17F3N6O3. The molecule has 12 heteroatoms. The summed E-state index contributed by atoms with van der Waals surface area (Å²) >= 11 is 0. The minimum Gasteiger partial charge on any atom is -0.339 e. The standard InChI is InChI=1S/C19H17F3N6O3/c20-19(21,22)18(31)26-10-16(29)28-5-1-2-15(28)17(30)27-14(6-23)13-9-25-7-11-3-4-24-8-12(11)13/h3-4,7-9,14-15H,1-2,5,10H2,(H,26,31)(H,27,30). The van der Waals surface area contributed by atoms with Gasteiger partial charge in [-0.25, -0.2) is 0 Å². The smallest absolute Gasteiger partial charge is 0.339 e. The van der Waals surface area contributed by atoms with Crippen LogP contribution in [0.25, 0.3) is 10.8 Å². The fraction of sp³-hybridized carbons (Fsp3) is 0.368. The molecule has 31 heavy (non-hydrogen) atoms. The molecule has 3 amide bonds. The summed E-state index contributed by atoms with van der Waals surface area (Å²) in [5.74, 6) is -3.68. The van der Waals surface area contributed by atoms with E-state index in [-0.39, 0.29) is 13.0 Å². The highest BCUT2D eigenvalue weighted by molar-refractivity contribution is 5.92. The molecule has 3 rings (SSSR count). The summed E-state index contributed by atoms with van der Waals surface area (Å²) in [4.78, 5) is 45.1. The van der Waals surface area contributed by atoms with Gasteiger partial charge in [-0.2, -0.15) is 18.4 Å². The van der Waals surface area contributed by atoms with Crippen LogP contribution in [-0.2, 0) is 14.4 Å². The summed E-state index contributed by atoms with van der Waals surface area (Å²) < 4.78 is 36.9. The zero-order chi connectivity index (χ0) is 22.6. The van der Waals surface area contributed by atoms with E-state index >= 15 is 0 Å². The molecule has 1 fully saturated rings. The molecule has 9 nitrogen and oxygen atoms in total. The Hall–Kier alpha value is -3.75. The molecule has 1 aliphatic rings. The number of alkyl halides is 3. The van der Waals surface area contributed by atoms with Gasteiger partial charge in [0.05, 0.1) is 12.6 Å². The van der Waals surface area contributed by atoms with E-state index in [9.17, 15) is 32.8 Å². The monoisotopic (exact) mass is 434 g/mol. The zero-order valence-corrected chi connectivity index (χ0v) is 16.0. The number of fused-ring (bicyclic) bond motifs is 1. The van der Waals surface area contributed by atoms with Gasteiger partial charge >= 0.3 is 12.1 Å². The first-order valence-corrected chi connectivity index (χ1v) is 9.24. The van der Waals surface area contributed by atoms with Crippen molar-refractivity contribution in [1.29, 1.82) is 5.26 Å². The van der Waals surface area contributed by atoms with Crippen LogP contribution in [0.3, 0.4) is 0 Å². The highest BCUT2D eigenvalue weighted by Crippen LogP contribution is 2.24. The maximum atomic E-state index is 12.8. The number of pyridine rings is 2. The number of nitrogens with one attached hydrogen (secondary N) is 2.